The van der Waals surface area contributed by atoms with E-state index in [0.29, 0.717) is 18.8 Å². The summed E-state index contributed by atoms with van der Waals surface area (Å²) in [5.74, 6) is 0.317. The molecule has 0 aliphatic heterocycles. The van der Waals surface area contributed by atoms with Crippen molar-refractivity contribution in [2.75, 3.05) is 12.3 Å². The van der Waals surface area contributed by atoms with Crippen LogP contribution in [0.4, 0.5) is 0 Å². The van der Waals surface area contributed by atoms with Crippen molar-refractivity contribution in [3.8, 4) is 0 Å². The predicted octanol–water partition coefficient (Wildman–Crippen LogP) is -1.47. The largest absolute Gasteiger partial charge is 0.330 e. The first-order valence-electron chi connectivity index (χ1n) is 4.48. The number of hydrogen-bond acceptors (Lipinski definition) is 6. The van der Waals surface area contributed by atoms with Gasteiger partial charge in [0.2, 0.25) is 10.0 Å². The van der Waals surface area contributed by atoms with Crippen LogP contribution in [0.1, 0.15) is 25.2 Å². The lowest BCUT2D eigenvalue weighted by atomic mass is 10.4. The summed E-state index contributed by atoms with van der Waals surface area (Å²) in [5, 5.41) is 13.0. The summed E-state index contributed by atoms with van der Waals surface area (Å²) in [6.07, 6.45) is 0.425. The van der Waals surface area contributed by atoms with Gasteiger partial charge in [-0.1, -0.05) is 5.21 Å². The molecule has 0 bridgehead atoms. The maximum atomic E-state index is 11.4. The van der Waals surface area contributed by atoms with Crippen LogP contribution in [0, 0.1) is 0 Å². The van der Waals surface area contributed by atoms with E-state index in [4.69, 9.17) is 5.73 Å². The second-order valence-electron chi connectivity index (χ2n) is 3.07. The standard InChI is InChI=1S/C6H14N6O2S/c1-5(6-8-11-12-9-6)10-15(13,14)4-2-3-7/h5,10H,2-4,7H2,1H3,(H,8,9,11,12). The van der Waals surface area contributed by atoms with Gasteiger partial charge in [-0.05, 0) is 19.9 Å². The van der Waals surface area contributed by atoms with Crippen LogP contribution in [-0.4, -0.2) is 41.3 Å². The Morgan fingerprint density at radius 1 is 1.60 bits per heavy atom. The van der Waals surface area contributed by atoms with Crippen LogP contribution in [0.25, 0.3) is 0 Å². The fourth-order valence-corrected chi connectivity index (χ4v) is 2.32. The molecule has 0 fully saturated rings. The summed E-state index contributed by atoms with van der Waals surface area (Å²) in [7, 11) is -3.32. The smallest absolute Gasteiger partial charge is 0.212 e. The van der Waals surface area contributed by atoms with Crippen LogP contribution < -0.4 is 10.5 Å². The fraction of sp³-hybridized carbons (Fsp3) is 0.833. The Hall–Kier alpha value is -1.06. The Morgan fingerprint density at radius 3 is 2.87 bits per heavy atom. The molecule has 1 unspecified atom stereocenters. The van der Waals surface area contributed by atoms with Gasteiger partial charge in [0.05, 0.1) is 11.8 Å². The first kappa shape index (κ1) is 12.0. The minimum absolute atomic E-state index is 0.00565. The molecule has 0 spiro atoms. The summed E-state index contributed by atoms with van der Waals surface area (Å²) in [6.45, 7) is 1.99. The van der Waals surface area contributed by atoms with Crippen molar-refractivity contribution in [1.29, 1.82) is 0 Å². The average Bonchev–Trinajstić information content (AvgIpc) is 2.67. The van der Waals surface area contributed by atoms with Gasteiger partial charge in [-0.3, -0.25) is 0 Å². The maximum absolute atomic E-state index is 11.4. The van der Waals surface area contributed by atoms with Gasteiger partial charge in [0.15, 0.2) is 5.82 Å². The zero-order valence-electron chi connectivity index (χ0n) is 8.34. The highest BCUT2D eigenvalue weighted by Gasteiger charge is 2.17. The lowest BCUT2D eigenvalue weighted by Gasteiger charge is -2.09. The highest BCUT2D eigenvalue weighted by atomic mass is 32.2. The fourth-order valence-electron chi connectivity index (χ4n) is 1.01. The van der Waals surface area contributed by atoms with E-state index in [1.807, 2.05) is 0 Å². The first-order valence-corrected chi connectivity index (χ1v) is 6.14. The second-order valence-corrected chi connectivity index (χ2v) is 4.94. The number of tetrazole rings is 1. The monoisotopic (exact) mass is 234 g/mol. The molecule has 4 N–H and O–H groups in total. The Balaban J connectivity index is 2.54. The summed E-state index contributed by atoms with van der Waals surface area (Å²) in [5.41, 5.74) is 5.23. The van der Waals surface area contributed by atoms with Crippen LogP contribution in [0.15, 0.2) is 0 Å². The Morgan fingerprint density at radius 2 is 2.33 bits per heavy atom. The molecule has 0 radical (unpaired) electrons. The molecule has 9 heteroatoms. The third-order valence-corrected chi connectivity index (χ3v) is 3.26. The van der Waals surface area contributed by atoms with Crippen molar-refractivity contribution in [3.05, 3.63) is 5.82 Å². The van der Waals surface area contributed by atoms with E-state index < -0.39 is 16.1 Å². The number of aromatic amines is 1. The van der Waals surface area contributed by atoms with E-state index in [0.717, 1.165) is 0 Å². The minimum atomic E-state index is -3.32. The van der Waals surface area contributed by atoms with Crippen molar-refractivity contribution in [3.63, 3.8) is 0 Å². The van der Waals surface area contributed by atoms with Crippen LogP contribution in [0.5, 0.6) is 0 Å². The van der Waals surface area contributed by atoms with E-state index in [2.05, 4.69) is 25.3 Å². The molecule has 0 saturated carbocycles. The Kier molecular flexibility index (Phi) is 4.12. The highest BCUT2D eigenvalue weighted by Crippen LogP contribution is 2.05. The van der Waals surface area contributed by atoms with Gasteiger partial charge in [0.1, 0.15) is 0 Å². The predicted molar refractivity (Wildman–Crippen MR) is 53.2 cm³/mol. The molecule has 1 aromatic rings. The molecule has 1 heterocycles. The van der Waals surface area contributed by atoms with Gasteiger partial charge >= 0.3 is 0 Å². The quantitative estimate of drug-likeness (QED) is 0.551. The summed E-state index contributed by atoms with van der Waals surface area (Å²) < 4.78 is 25.3. The number of aromatic nitrogens is 4. The molecular weight excluding hydrogens is 220 g/mol. The van der Waals surface area contributed by atoms with E-state index >= 15 is 0 Å². The van der Waals surface area contributed by atoms with Crippen molar-refractivity contribution in [2.45, 2.75) is 19.4 Å². The van der Waals surface area contributed by atoms with E-state index in [1.54, 1.807) is 6.92 Å². The summed E-state index contributed by atoms with van der Waals surface area (Å²) >= 11 is 0. The van der Waals surface area contributed by atoms with Crippen molar-refractivity contribution >= 4 is 10.0 Å². The van der Waals surface area contributed by atoms with Crippen LogP contribution in [-0.2, 0) is 10.0 Å². The highest BCUT2D eigenvalue weighted by molar-refractivity contribution is 7.89. The molecule has 86 valence electrons. The molecule has 0 amide bonds. The molecule has 1 atom stereocenters. The van der Waals surface area contributed by atoms with Gasteiger partial charge in [-0.25, -0.2) is 13.1 Å². The molecule has 0 aromatic carbocycles. The third kappa shape index (κ3) is 3.90. The zero-order valence-corrected chi connectivity index (χ0v) is 9.16. The average molecular weight is 234 g/mol. The van der Waals surface area contributed by atoms with Gasteiger partial charge < -0.3 is 5.73 Å². The minimum Gasteiger partial charge on any atom is -0.330 e. The Labute approximate surface area is 87.7 Å². The molecule has 15 heavy (non-hydrogen) atoms. The number of nitrogens with two attached hydrogens (primary N) is 1. The number of rotatable bonds is 6. The molecular formula is C6H14N6O2S. The van der Waals surface area contributed by atoms with E-state index in [-0.39, 0.29) is 5.75 Å². The lowest BCUT2D eigenvalue weighted by Crippen LogP contribution is -2.30. The normalized spacial score (nSPS) is 14.0. The van der Waals surface area contributed by atoms with Gasteiger partial charge in [0.25, 0.3) is 0 Å². The summed E-state index contributed by atoms with van der Waals surface area (Å²) in [4.78, 5) is 0. The van der Waals surface area contributed by atoms with Crippen LogP contribution in [0.3, 0.4) is 0 Å². The number of nitrogens with one attached hydrogen (secondary N) is 2. The molecule has 0 aliphatic rings. The third-order valence-electron chi connectivity index (χ3n) is 1.72. The number of nitrogens with zero attached hydrogens (tertiary/aromatic N) is 3. The number of H-pyrrole nitrogens is 1. The van der Waals surface area contributed by atoms with Gasteiger partial charge in [-0.15, -0.1) is 10.2 Å². The summed E-state index contributed by atoms with van der Waals surface area (Å²) in [6, 6.07) is -0.494. The lowest BCUT2D eigenvalue weighted by molar-refractivity contribution is 0.558. The maximum Gasteiger partial charge on any atom is 0.212 e. The molecule has 0 aliphatic carbocycles. The Bertz CT molecular complexity index is 374. The van der Waals surface area contributed by atoms with Crippen molar-refractivity contribution in [1.82, 2.24) is 25.3 Å². The first-order chi connectivity index (χ1) is 7.05. The number of sulfonamides is 1. The van der Waals surface area contributed by atoms with Crippen molar-refractivity contribution in [2.24, 2.45) is 5.73 Å². The molecule has 0 saturated heterocycles. The van der Waals surface area contributed by atoms with Crippen LogP contribution in [0.2, 0.25) is 0 Å². The molecule has 1 aromatic heterocycles. The SMILES string of the molecule is CC(NS(=O)(=O)CCCN)c1nn[nH]n1. The van der Waals surface area contributed by atoms with Crippen molar-refractivity contribution < 1.29 is 8.42 Å². The zero-order chi connectivity index (χ0) is 11.3. The molecule has 1 rings (SSSR count). The second kappa shape index (κ2) is 5.14. The van der Waals surface area contributed by atoms with E-state index in [9.17, 15) is 8.42 Å². The van der Waals surface area contributed by atoms with Gasteiger partial charge in [-0.2, -0.15) is 5.21 Å². The molecule has 8 nitrogen and oxygen atoms in total. The number of hydrogen-bond donors (Lipinski definition) is 3. The van der Waals surface area contributed by atoms with Gasteiger partial charge in [0, 0.05) is 0 Å². The van der Waals surface area contributed by atoms with E-state index in [1.165, 1.54) is 0 Å². The van der Waals surface area contributed by atoms with Crippen LogP contribution >= 0.6 is 0 Å². The topological polar surface area (TPSA) is 127 Å².